The van der Waals surface area contributed by atoms with Crippen LogP contribution in [0.5, 0.6) is 0 Å². The molecule has 0 amide bonds. The smallest absolute Gasteiger partial charge is 0.278 e. The molecule has 0 N–H and O–H groups in total. The van der Waals surface area contributed by atoms with Crippen molar-refractivity contribution in [3.63, 3.8) is 0 Å². The summed E-state index contributed by atoms with van der Waals surface area (Å²) in [7, 11) is 0. The molecule has 2 heterocycles. The molecule has 5 nitrogen and oxygen atoms in total. The normalized spacial score (nSPS) is 10.6. The van der Waals surface area contributed by atoms with Gasteiger partial charge in [-0.05, 0) is 12.1 Å². The third-order valence-corrected chi connectivity index (χ3v) is 2.69. The van der Waals surface area contributed by atoms with Crippen molar-refractivity contribution in [3.05, 3.63) is 46.6 Å². The number of halogens is 1. The van der Waals surface area contributed by atoms with Gasteiger partial charge in [-0.15, -0.1) is 10.2 Å². The average molecular weight is 338 g/mol. The Morgan fingerprint density at radius 3 is 2.65 bits per heavy atom. The molecule has 0 atom stereocenters. The van der Waals surface area contributed by atoms with Crippen LogP contribution in [0.4, 0.5) is 0 Å². The number of hydrogen-bond acceptors (Lipinski definition) is 4. The van der Waals surface area contributed by atoms with Gasteiger partial charge in [-0.1, -0.05) is 18.2 Å². The summed E-state index contributed by atoms with van der Waals surface area (Å²) in [4.78, 5) is 0. The highest BCUT2D eigenvalue weighted by Crippen LogP contribution is 2.19. The van der Waals surface area contributed by atoms with E-state index in [-0.39, 0.29) is 0 Å². The van der Waals surface area contributed by atoms with E-state index in [1.165, 1.54) is 0 Å². The first-order chi connectivity index (χ1) is 8.33. The molecule has 0 saturated heterocycles. The maximum atomic E-state index is 5.33. The van der Waals surface area contributed by atoms with Crippen LogP contribution >= 0.6 is 22.6 Å². The summed E-state index contributed by atoms with van der Waals surface area (Å²) in [6.45, 7) is 0. The van der Waals surface area contributed by atoms with Crippen molar-refractivity contribution in [3.8, 4) is 17.1 Å². The zero-order chi connectivity index (χ0) is 11.7. The molecule has 3 aromatic rings. The Kier molecular flexibility index (Phi) is 2.63. The van der Waals surface area contributed by atoms with Crippen LogP contribution in [0.25, 0.3) is 17.1 Å². The highest BCUT2D eigenvalue weighted by Gasteiger charge is 2.09. The lowest BCUT2D eigenvalue weighted by atomic mass is 10.3. The molecule has 0 fully saturated rings. The largest absolute Gasteiger partial charge is 0.412 e. The topological polar surface area (TPSA) is 56.7 Å². The van der Waals surface area contributed by atoms with E-state index in [9.17, 15) is 0 Å². The van der Waals surface area contributed by atoms with Gasteiger partial charge in [0.05, 0.1) is 17.4 Å². The fourth-order valence-corrected chi connectivity index (χ4v) is 1.79. The number of para-hydroxylation sites is 1. The van der Waals surface area contributed by atoms with Crippen LogP contribution in [0, 0.1) is 3.90 Å². The molecule has 0 aliphatic carbocycles. The minimum Gasteiger partial charge on any atom is -0.412 e. The van der Waals surface area contributed by atoms with Crippen LogP contribution in [0.15, 0.2) is 47.1 Å². The highest BCUT2D eigenvalue weighted by atomic mass is 127. The van der Waals surface area contributed by atoms with Gasteiger partial charge in [0.1, 0.15) is 0 Å². The Hall–Kier alpha value is -1.70. The zero-order valence-electron chi connectivity index (χ0n) is 8.62. The van der Waals surface area contributed by atoms with Crippen molar-refractivity contribution >= 4 is 22.6 Å². The van der Waals surface area contributed by atoms with E-state index in [0.717, 1.165) is 11.3 Å². The molecule has 0 spiro atoms. The Bertz CT molecular complexity index is 632. The number of nitrogens with zero attached hydrogens (tertiary/aromatic N) is 4. The summed E-state index contributed by atoms with van der Waals surface area (Å²) in [5.74, 6) is 0.483. The van der Waals surface area contributed by atoms with Gasteiger partial charge >= 0.3 is 0 Å². The first-order valence-corrected chi connectivity index (χ1v) is 6.00. The van der Waals surface area contributed by atoms with Gasteiger partial charge < -0.3 is 4.42 Å². The molecule has 84 valence electrons. The summed E-state index contributed by atoms with van der Waals surface area (Å²) in [5.41, 5.74) is 1.80. The Morgan fingerprint density at radius 1 is 1.12 bits per heavy atom. The quantitative estimate of drug-likeness (QED) is 0.674. The van der Waals surface area contributed by atoms with E-state index in [2.05, 4.69) is 15.3 Å². The summed E-state index contributed by atoms with van der Waals surface area (Å²) in [6.07, 6.45) is 3.56. The summed E-state index contributed by atoms with van der Waals surface area (Å²) in [6, 6.07) is 9.86. The van der Waals surface area contributed by atoms with Crippen molar-refractivity contribution in [1.82, 2.24) is 20.0 Å². The molecule has 0 bridgehead atoms. The van der Waals surface area contributed by atoms with E-state index in [1.54, 1.807) is 10.9 Å². The molecule has 1 aromatic carbocycles. The molecule has 2 aromatic heterocycles. The molecule has 17 heavy (non-hydrogen) atoms. The molecule has 0 aliphatic rings. The van der Waals surface area contributed by atoms with Crippen LogP contribution in [0.1, 0.15) is 0 Å². The van der Waals surface area contributed by atoms with Gasteiger partial charge in [0.2, 0.25) is 0 Å². The van der Waals surface area contributed by atoms with Gasteiger partial charge in [-0.3, -0.25) is 0 Å². The second kappa shape index (κ2) is 4.28. The van der Waals surface area contributed by atoms with E-state index < -0.39 is 0 Å². The van der Waals surface area contributed by atoms with Crippen molar-refractivity contribution in [2.24, 2.45) is 0 Å². The second-order valence-corrected chi connectivity index (χ2v) is 4.29. The molecule has 0 radical (unpaired) electrons. The predicted molar refractivity (Wildman–Crippen MR) is 69.6 cm³/mol. The van der Waals surface area contributed by atoms with Gasteiger partial charge in [0.15, 0.2) is 0 Å². The van der Waals surface area contributed by atoms with E-state index in [0.29, 0.717) is 9.79 Å². The van der Waals surface area contributed by atoms with Gasteiger partial charge in [0.25, 0.3) is 9.79 Å². The summed E-state index contributed by atoms with van der Waals surface area (Å²) >= 11 is 1.98. The van der Waals surface area contributed by atoms with Crippen molar-refractivity contribution in [2.75, 3.05) is 0 Å². The zero-order valence-corrected chi connectivity index (χ0v) is 10.8. The fourth-order valence-electron chi connectivity index (χ4n) is 1.48. The van der Waals surface area contributed by atoms with Crippen molar-refractivity contribution < 1.29 is 4.42 Å². The number of hydrogen-bond donors (Lipinski definition) is 0. The van der Waals surface area contributed by atoms with E-state index in [1.807, 2.05) is 59.1 Å². The Labute approximate surface area is 111 Å². The first-order valence-electron chi connectivity index (χ1n) is 4.92. The molecule has 0 saturated carbocycles. The lowest BCUT2D eigenvalue weighted by molar-refractivity contribution is 0.537. The second-order valence-electron chi connectivity index (χ2n) is 3.37. The minimum absolute atomic E-state index is 0.483. The van der Waals surface area contributed by atoms with Crippen LogP contribution in [0.3, 0.4) is 0 Å². The highest BCUT2D eigenvalue weighted by molar-refractivity contribution is 14.1. The lowest BCUT2D eigenvalue weighted by Gasteiger charge is -1.98. The van der Waals surface area contributed by atoms with Gasteiger partial charge in [-0.2, -0.15) is 5.10 Å². The monoisotopic (exact) mass is 338 g/mol. The summed E-state index contributed by atoms with van der Waals surface area (Å²) < 4.78 is 7.62. The van der Waals surface area contributed by atoms with Crippen molar-refractivity contribution in [2.45, 2.75) is 0 Å². The standard InChI is InChI=1S/C11H7IN4O/c12-11-15-14-10(17-11)8-6-13-16(7-8)9-4-2-1-3-5-9/h1-7H. The molecule has 6 heteroatoms. The number of aromatic nitrogens is 4. The van der Waals surface area contributed by atoms with Crippen LogP contribution in [-0.2, 0) is 0 Å². The lowest BCUT2D eigenvalue weighted by Crippen LogP contribution is -1.92. The Morgan fingerprint density at radius 2 is 1.94 bits per heavy atom. The third-order valence-electron chi connectivity index (χ3n) is 2.25. The van der Waals surface area contributed by atoms with Crippen molar-refractivity contribution in [1.29, 1.82) is 0 Å². The van der Waals surface area contributed by atoms with Crippen LogP contribution < -0.4 is 0 Å². The predicted octanol–water partition coefficient (Wildman–Crippen LogP) is 2.53. The molecule has 0 aliphatic heterocycles. The average Bonchev–Trinajstić information content (AvgIpc) is 2.98. The SMILES string of the molecule is Ic1nnc(-c2cnn(-c3ccccc3)c2)o1. The van der Waals surface area contributed by atoms with Crippen LogP contribution in [-0.4, -0.2) is 20.0 Å². The minimum atomic E-state index is 0.483. The summed E-state index contributed by atoms with van der Waals surface area (Å²) in [5, 5.41) is 12.0. The fraction of sp³-hybridized carbons (Fsp3) is 0. The number of rotatable bonds is 2. The molecular formula is C11H7IN4O. The maximum Gasteiger partial charge on any atom is 0.278 e. The van der Waals surface area contributed by atoms with Gasteiger partial charge in [-0.25, -0.2) is 4.68 Å². The maximum absolute atomic E-state index is 5.33. The third kappa shape index (κ3) is 2.07. The molecule has 0 unspecified atom stereocenters. The van der Waals surface area contributed by atoms with Crippen LogP contribution in [0.2, 0.25) is 0 Å². The van der Waals surface area contributed by atoms with E-state index >= 15 is 0 Å². The van der Waals surface area contributed by atoms with Gasteiger partial charge in [0, 0.05) is 28.8 Å². The molecular weight excluding hydrogens is 331 g/mol. The molecule has 3 rings (SSSR count). The van der Waals surface area contributed by atoms with E-state index in [4.69, 9.17) is 4.42 Å². The Balaban J connectivity index is 1.99. The first kappa shape index (κ1) is 10.5. The number of benzene rings is 1.